The molecule has 0 aromatic heterocycles. The van der Waals surface area contributed by atoms with Crippen LogP contribution in [0.2, 0.25) is 0 Å². The largest absolute Gasteiger partial charge is 0.406 e. The molecule has 0 radical (unpaired) electrons. The monoisotopic (exact) mass is 241 g/mol. The second-order valence-electron chi connectivity index (χ2n) is 2.70. The first kappa shape index (κ1) is 14.0. The summed E-state index contributed by atoms with van der Waals surface area (Å²) in [4.78, 5) is 9.99. The molecule has 0 atom stereocenters. The van der Waals surface area contributed by atoms with Crippen LogP contribution in [0.3, 0.4) is 0 Å². The molecule has 1 amide bonds. The van der Waals surface area contributed by atoms with Gasteiger partial charge >= 0.3 is 18.5 Å². The van der Waals surface area contributed by atoms with Crippen LogP contribution in [0.25, 0.3) is 0 Å². The van der Waals surface area contributed by atoms with E-state index in [0.29, 0.717) is 7.05 Å². The van der Waals surface area contributed by atoms with Crippen molar-refractivity contribution >= 4 is 5.91 Å². The summed E-state index contributed by atoms with van der Waals surface area (Å²) in [6.45, 7) is -2.01. The van der Waals surface area contributed by atoms with Gasteiger partial charge in [0.15, 0.2) is 0 Å². The number of rotatable bonds is 3. The highest BCUT2D eigenvalue weighted by Gasteiger charge is 2.51. The third-order valence-electron chi connectivity index (χ3n) is 1.32. The van der Waals surface area contributed by atoms with Gasteiger partial charge in [-0.15, -0.1) is 0 Å². The van der Waals surface area contributed by atoms with Crippen LogP contribution < -0.4 is 0 Å². The van der Waals surface area contributed by atoms with Crippen molar-refractivity contribution in [1.29, 1.82) is 0 Å². The van der Waals surface area contributed by atoms with Crippen molar-refractivity contribution in [3.8, 4) is 0 Å². The summed E-state index contributed by atoms with van der Waals surface area (Å²) < 4.78 is 82.6. The summed E-state index contributed by atoms with van der Waals surface area (Å²) in [7, 11) is 0.367. The molecule has 0 fully saturated rings. The van der Waals surface area contributed by atoms with Crippen LogP contribution in [0.5, 0.6) is 0 Å². The van der Waals surface area contributed by atoms with E-state index in [1.165, 1.54) is 0 Å². The fraction of sp³-hybridized carbons (Fsp3) is 0.833. The maximum absolute atomic E-state index is 12.3. The number of hydrogen-bond acceptors (Lipinski definition) is 1. The fourth-order valence-corrected chi connectivity index (χ4v) is 0.689. The number of nitrogens with zero attached hydrogens (tertiary/aromatic N) is 1. The molecule has 0 N–H and O–H groups in total. The van der Waals surface area contributed by atoms with Gasteiger partial charge in [0, 0.05) is 7.05 Å². The maximum atomic E-state index is 12.3. The summed E-state index contributed by atoms with van der Waals surface area (Å²) in [6, 6.07) is 0. The molecule has 0 aliphatic carbocycles. The van der Waals surface area contributed by atoms with E-state index >= 15 is 0 Å². The van der Waals surface area contributed by atoms with Gasteiger partial charge < -0.3 is 4.90 Å². The molecule has 0 spiro atoms. The van der Waals surface area contributed by atoms with Gasteiger partial charge in [0.2, 0.25) is 0 Å². The first-order valence-electron chi connectivity index (χ1n) is 3.46. The molecular weight excluding hydrogens is 235 g/mol. The smallest absolute Gasteiger partial charge is 0.331 e. The van der Waals surface area contributed by atoms with E-state index in [1.54, 1.807) is 0 Å². The Morgan fingerprint density at radius 2 is 1.60 bits per heavy atom. The van der Waals surface area contributed by atoms with Crippen molar-refractivity contribution in [2.24, 2.45) is 0 Å². The molecule has 15 heavy (non-hydrogen) atoms. The van der Waals surface area contributed by atoms with Gasteiger partial charge in [-0.3, -0.25) is 4.79 Å². The molecule has 90 valence electrons. The number of amides is 1. The number of carbonyl (C=O) groups excluding carboxylic acids is 1. The number of alkyl halides is 7. The molecule has 0 aromatic rings. The summed E-state index contributed by atoms with van der Waals surface area (Å²) >= 11 is 0. The van der Waals surface area contributed by atoms with E-state index in [9.17, 15) is 35.5 Å². The van der Waals surface area contributed by atoms with Crippen molar-refractivity contribution in [1.82, 2.24) is 4.90 Å². The second kappa shape index (κ2) is 4.23. The topological polar surface area (TPSA) is 20.3 Å². The van der Waals surface area contributed by atoms with Crippen LogP contribution in [0.15, 0.2) is 0 Å². The quantitative estimate of drug-likeness (QED) is 0.691. The Kier molecular flexibility index (Phi) is 3.94. The van der Waals surface area contributed by atoms with Crippen LogP contribution in [-0.4, -0.2) is 42.9 Å². The molecule has 0 rings (SSSR count). The lowest BCUT2D eigenvalue weighted by molar-refractivity contribution is -0.191. The van der Waals surface area contributed by atoms with E-state index in [-0.39, 0.29) is 0 Å². The van der Waals surface area contributed by atoms with Gasteiger partial charge in [0.05, 0.1) is 0 Å². The Morgan fingerprint density at radius 1 is 1.20 bits per heavy atom. The van der Waals surface area contributed by atoms with E-state index in [0.717, 1.165) is 0 Å². The number of halogens is 7. The SMILES string of the molecule is CN(CC(F)(F)F)C(=O)C(F)(F)C(F)F. The Bertz CT molecular complexity index is 236. The van der Waals surface area contributed by atoms with Crippen LogP contribution in [0, 0.1) is 0 Å². The van der Waals surface area contributed by atoms with Crippen molar-refractivity contribution in [3.05, 3.63) is 0 Å². The molecule has 9 heteroatoms. The lowest BCUT2D eigenvalue weighted by Crippen LogP contribution is -2.48. The van der Waals surface area contributed by atoms with Gasteiger partial charge in [0.25, 0.3) is 5.91 Å². The Labute approximate surface area is 79.6 Å². The minimum absolute atomic E-state index is 0.367. The summed E-state index contributed by atoms with van der Waals surface area (Å²) in [5, 5.41) is 0. The zero-order valence-electron chi connectivity index (χ0n) is 7.29. The van der Waals surface area contributed by atoms with E-state index in [4.69, 9.17) is 0 Å². The summed E-state index contributed by atoms with van der Waals surface area (Å²) in [5.41, 5.74) is 0. The zero-order chi connectivity index (χ0) is 12.4. The highest BCUT2D eigenvalue weighted by atomic mass is 19.4. The maximum Gasteiger partial charge on any atom is 0.406 e. The fourth-order valence-electron chi connectivity index (χ4n) is 0.689. The highest BCUT2D eigenvalue weighted by molar-refractivity contribution is 5.83. The standard InChI is InChI=1S/C6H6F7NO/c1-14(2-5(9,10)11)4(15)6(12,13)3(7)8/h3H,2H2,1H3. The second-order valence-corrected chi connectivity index (χ2v) is 2.70. The molecule has 0 saturated heterocycles. The average molecular weight is 241 g/mol. The van der Waals surface area contributed by atoms with E-state index < -0.39 is 35.9 Å². The number of hydrogen-bond donors (Lipinski definition) is 0. The first-order valence-corrected chi connectivity index (χ1v) is 3.46. The number of carbonyl (C=O) groups is 1. The van der Waals surface area contributed by atoms with Gasteiger partial charge in [-0.05, 0) is 0 Å². The summed E-state index contributed by atoms with van der Waals surface area (Å²) in [6.07, 6.45) is -9.25. The molecule has 0 unspecified atom stereocenters. The van der Waals surface area contributed by atoms with Gasteiger partial charge in [-0.1, -0.05) is 0 Å². The Balaban J connectivity index is 4.59. The third-order valence-corrected chi connectivity index (χ3v) is 1.32. The predicted octanol–water partition coefficient (Wildman–Crippen LogP) is 1.91. The van der Waals surface area contributed by atoms with Crippen molar-refractivity contribution in [3.63, 3.8) is 0 Å². The molecule has 0 heterocycles. The Morgan fingerprint density at radius 3 is 1.87 bits per heavy atom. The minimum Gasteiger partial charge on any atom is -0.331 e. The molecule has 0 aromatic carbocycles. The normalized spacial score (nSPS) is 13.1. The lowest BCUT2D eigenvalue weighted by Gasteiger charge is -2.23. The first-order chi connectivity index (χ1) is 6.48. The van der Waals surface area contributed by atoms with Gasteiger partial charge in [-0.25, -0.2) is 8.78 Å². The zero-order valence-corrected chi connectivity index (χ0v) is 7.29. The van der Waals surface area contributed by atoms with Crippen molar-refractivity contribution in [2.75, 3.05) is 13.6 Å². The summed E-state index contributed by atoms with van der Waals surface area (Å²) in [5.74, 6) is -7.66. The van der Waals surface area contributed by atoms with Gasteiger partial charge in [-0.2, -0.15) is 22.0 Å². The predicted molar refractivity (Wildman–Crippen MR) is 34.6 cm³/mol. The van der Waals surface area contributed by atoms with Crippen LogP contribution >= 0.6 is 0 Å². The molecular formula is C6H6F7NO. The van der Waals surface area contributed by atoms with Crippen LogP contribution in [0.4, 0.5) is 30.7 Å². The van der Waals surface area contributed by atoms with E-state index in [1.807, 2.05) is 0 Å². The van der Waals surface area contributed by atoms with Crippen molar-refractivity contribution < 1.29 is 35.5 Å². The van der Waals surface area contributed by atoms with Crippen LogP contribution in [0.1, 0.15) is 0 Å². The molecule has 0 bridgehead atoms. The van der Waals surface area contributed by atoms with Gasteiger partial charge in [0.1, 0.15) is 6.54 Å². The molecule has 2 nitrogen and oxygen atoms in total. The molecule has 0 aliphatic heterocycles. The average Bonchev–Trinajstić information content (AvgIpc) is 1.99. The highest BCUT2D eigenvalue weighted by Crippen LogP contribution is 2.26. The molecule has 0 aliphatic rings. The van der Waals surface area contributed by atoms with Crippen LogP contribution in [-0.2, 0) is 4.79 Å². The van der Waals surface area contributed by atoms with Crippen molar-refractivity contribution in [2.45, 2.75) is 18.5 Å². The third kappa shape index (κ3) is 3.92. The lowest BCUT2D eigenvalue weighted by atomic mass is 10.3. The van der Waals surface area contributed by atoms with E-state index in [2.05, 4.69) is 0 Å². The molecule has 0 saturated carbocycles. The minimum atomic E-state index is -5.10. The Hall–Kier alpha value is -1.02.